The number of carbonyl (C=O) groups excluding carboxylic acids is 1. The lowest BCUT2D eigenvalue weighted by molar-refractivity contribution is 0.0514. The highest BCUT2D eigenvalue weighted by molar-refractivity contribution is 6.03. The fourth-order valence-electron chi connectivity index (χ4n) is 3.55. The zero-order chi connectivity index (χ0) is 18.6. The van der Waals surface area contributed by atoms with E-state index in [2.05, 4.69) is 28.8 Å². The number of hydrogen-bond acceptors (Lipinski definition) is 2. The lowest BCUT2D eigenvalue weighted by Gasteiger charge is -2.12. The summed E-state index contributed by atoms with van der Waals surface area (Å²) in [6.07, 6.45) is 4.77. The van der Waals surface area contributed by atoms with Gasteiger partial charge < -0.3 is 13.9 Å². The van der Waals surface area contributed by atoms with Crippen LogP contribution in [0.4, 0.5) is 0 Å². The molecule has 0 radical (unpaired) electrons. The van der Waals surface area contributed by atoms with Crippen LogP contribution in [-0.2, 0) is 17.7 Å². The zero-order valence-electron chi connectivity index (χ0n) is 15.3. The van der Waals surface area contributed by atoms with E-state index in [-0.39, 0.29) is 5.97 Å². The Bertz CT molecular complexity index is 1050. The summed E-state index contributed by atoms with van der Waals surface area (Å²) < 4.78 is 9.50. The molecule has 0 saturated heterocycles. The predicted molar refractivity (Wildman–Crippen MR) is 107 cm³/mol. The highest BCUT2D eigenvalue weighted by Gasteiger charge is 2.24. The van der Waals surface area contributed by atoms with Crippen LogP contribution in [0.5, 0.6) is 0 Å². The Labute approximate surface area is 158 Å². The third kappa shape index (κ3) is 3.26. The Balaban J connectivity index is 1.88. The van der Waals surface area contributed by atoms with Crippen molar-refractivity contribution in [1.82, 2.24) is 9.13 Å². The molecule has 0 amide bonds. The third-order valence-corrected chi connectivity index (χ3v) is 4.74. The van der Waals surface area contributed by atoms with E-state index in [1.807, 2.05) is 66.3 Å². The Hall–Kier alpha value is -3.27. The molecule has 2 aromatic carbocycles. The molecule has 0 N–H and O–H groups in total. The van der Waals surface area contributed by atoms with Gasteiger partial charge >= 0.3 is 5.97 Å². The molecule has 4 nitrogen and oxygen atoms in total. The van der Waals surface area contributed by atoms with Crippen molar-refractivity contribution >= 4 is 16.9 Å². The van der Waals surface area contributed by atoms with Gasteiger partial charge in [0.2, 0.25) is 0 Å². The molecule has 0 atom stereocenters. The summed E-state index contributed by atoms with van der Waals surface area (Å²) in [5, 5.41) is 1.05. The number of esters is 1. The van der Waals surface area contributed by atoms with E-state index in [4.69, 9.17) is 4.74 Å². The van der Waals surface area contributed by atoms with Crippen molar-refractivity contribution in [3.8, 4) is 5.69 Å². The Kier molecular flexibility index (Phi) is 4.79. The number of rotatable bonds is 6. The van der Waals surface area contributed by atoms with Crippen LogP contribution in [0.2, 0.25) is 0 Å². The van der Waals surface area contributed by atoms with Gasteiger partial charge in [-0.3, -0.25) is 0 Å². The van der Waals surface area contributed by atoms with Gasteiger partial charge in [-0.1, -0.05) is 48.5 Å². The van der Waals surface area contributed by atoms with E-state index in [1.54, 1.807) is 0 Å². The van der Waals surface area contributed by atoms with Gasteiger partial charge in [0.1, 0.15) is 0 Å². The van der Waals surface area contributed by atoms with E-state index in [9.17, 15) is 4.79 Å². The minimum Gasteiger partial charge on any atom is -0.461 e. The van der Waals surface area contributed by atoms with Crippen molar-refractivity contribution in [2.24, 2.45) is 0 Å². The average molecular weight is 358 g/mol. The number of hydrogen-bond donors (Lipinski definition) is 0. The van der Waals surface area contributed by atoms with Crippen LogP contribution in [-0.4, -0.2) is 21.7 Å². The largest absolute Gasteiger partial charge is 0.461 e. The highest BCUT2D eigenvalue weighted by atomic mass is 16.5. The van der Waals surface area contributed by atoms with Crippen molar-refractivity contribution < 1.29 is 9.53 Å². The number of nitrogens with zero attached hydrogens (tertiary/aromatic N) is 2. The van der Waals surface area contributed by atoms with Crippen LogP contribution >= 0.6 is 0 Å². The van der Waals surface area contributed by atoms with Crippen LogP contribution in [0.3, 0.4) is 0 Å². The number of benzene rings is 2. The summed E-state index contributed by atoms with van der Waals surface area (Å²) in [4.78, 5) is 12.9. The maximum atomic E-state index is 12.9. The fraction of sp³-hybridized carbons (Fsp3) is 0.174. The first-order valence-corrected chi connectivity index (χ1v) is 9.25. The quantitative estimate of drug-likeness (QED) is 0.462. The first-order chi connectivity index (χ1) is 13.3. The molecular weight excluding hydrogens is 336 g/mol. The number of aryl methyl sites for hydroxylation is 2. The van der Waals surface area contributed by atoms with Crippen molar-refractivity contribution in [1.29, 1.82) is 0 Å². The normalized spacial score (nSPS) is 11.0. The molecule has 4 aromatic rings. The molecule has 4 heteroatoms. The van der Waals surface area contributed by atoms with Gasteiger partial charge in [-0.05, 0) is 37.1 Å². The second-order valence-electron chi connectivity index (χ2n) is 6.41. The molecule has 0 bridgehead atoms. The SMILES string of the molecule is CCOC(=O)c1c(-n2cccc2)c2ccccc2n1CCc1ccccc1. The molecule has 0 saturated carbocycles. The Morgan fingerprint density at radius 3 is 2.37 bits per heavy atom. The lowest BCUT2D eigenvalue weighted by Crippen LogP contribution is -2.15. The maximum Gasteiger partial charge on any atom is 0.357 e. The third-order valence-electron chi connectivity index (χ3n) is 4.74. The van der Waals surface area contributed by atoms with Gasteiger partial charge in [0.05, 0.1) is 17.8 Å². The Morgan fingerprint density at radius 1 is 0.926 bits per heavy atom. The van der Waals surface area contributed by atoms with Gasteiger partial charge in [-0.25, -0.2) is 4.79 Å². The molecule has 0 aliphatic carbocycles. The molecule has 0 unspecified atom stereocenters. The molecule has 27 heavy (non-hydrogen) atoms. The average Bonchev–Trinajstić information content (AvgIpc) is 3.33. The minimum atomic E-state index is -0.287. The van der Waals surface area contributed by atoms with E-state index in [0.717, 1.165) is 23.0 Å². The van der Waals surface area contributed by atoms with Gasteiger partial charge in [0.25, 0.3) is 0 Å². The molecule has 0 fully saturated rings. The molecule has 0 aliphatic rings. The predicted octanol–water partition coefficient (Wildman–Crippen LogP) is 4.85. The summed E-state index contributed by atoms with van der Waals surface area (Å²) >= 11 is 0. The molecule has 136 valence electrons. The van der Waals surface area contributed by atoms with Gasteiger partial charge in [-0.15, -0.1) is 0 Å². The van der Waals surface area contributed by atoms with E-state index < -0.39 is 0 Å². The highest BCUT2D eigenvalue weighted by Crippen LogP contribution is 2.31. The first-order valence-electron chi connectivity index (χ1n) is 9.25. The number of ether oxygens (including phenoxy) is 1. The molecule has 2 heterocycles. The molecule has 4 rings (SSSR count). The second kappa shape index (κ2) is 7.54. The Morgan fingerprint density at radius 2 is 1.63 bits per heavy atom. The van der Waals surface area contributed by atoms with Crippen molar-refractivity contribution in [3.63, 3.8) is 0 Å². The smallest absolute Gasteiger partial charge is 0.357 e. The fourth-order valence-corrected chi connectivity index (χ4v) is 3.55. The lowest BCUT2D eigenvalue weighted by atomic mass is 10.1. The van der Waals surface area contributed by atoms with Gasteiger partial charge in [-0.2, -0.15) is 0 Å². The van der Waals surface area contributed by atoms with Gasteiger partial charge in [0, 0.05) is 24.3 Å². The molecular formula is C23H22N2O2. The van der Waals surface area contributed by atoms with Crippen molar-refractivity contribution in [2.75, 3.05) is 6.61 Å². The van der Waals surface area contributed by atoms with Crippen molar-refractivity contribution in [3.05, 3.63) is 90.4 Å². The molecule has 2 aromatic heterocycles. The van der Waals surface area contributed by atoms with E-state index in [0.29, 0.717) is 18.8 Å². The first kappa shape index (κ1) is 17.2. The van der Waals surface area contributed by atoms with Crippen LogP contribution in [0.25, 0.3) is 16.6 Å². The van der Waals surface area contributed by atoms with Crippen LogP contribution in [0, 0.1) is 0 Å². The van der Waals surface area contributed by atoms with E-state index in [1.165, 1.54) is 5.56 Å². The number of carbonyl (C=O) groups is 1. The van der Waals surface area contributed by atoms with Crippen LogP contribution < -0.4 is 0 Å². The summed E-state index contributed by atoms with van der Waals surface area (Å²) in [5.74, 6) is -0.287. The van der Waals surface area contributed by atoms with Crippen LogP contribution in [0.1, 0.15) is 23.0 Å². The summed E-state index contributed by atoms with van der Waals surface area (Å²) in [5.41, 5.74) is 3.76. The summed E-state index contributed by atoms with van der Waals surface area (Å²) in [7, 11) is 0. The maximum absolute atomic E-state index is 12.9. The number of para-hydroxylation sites is 1. The van der Waals surface area contributed by atoms with E-state index >= 15 is 0 Å². The number of fused-ring (bicyclic) bond motifs is 1. The second-order valence-corrected chi connectivity index (χ2v) is 6.41. The number of aromatic nitrogens is 2. The molecule has 0 aliphatic heterocycles. The van der Waals surface area contributed by atoms with Gasteiger partial charge in [0.15, 0.2) is 5.69 Å². The van der Waals surface area contributed by atoms with Crippen molar-refractivity contribution in [2.45, 2.75) is 19.9 Å². The minimum absolute atomic E-state index is 0.287. The zero-order valence-corrected chi connectivity index (χ0v) is 15.3. The molecule has 0 spiro atoms. The topological polar surface area (TPSA) is 36.2 Å². The standard InChI is InChI=1S/C23H22N2O2/c1-2-27-23(26)22-21(24-15-8-9-16-24)19-12-6-7-13-20(19)25(22)17-14-18-10-4-3-5-11-18/h3-13,15-16H,2,14,17H2,1H3. The van der Waals surface area contributed by atoms with Crippen LogP contribution in [0.15, 0.2) is 79.1 Å². The summed E-state index contributed by atoms with van der Waals surface area (Å²) in [6.45, 7) is 2.90. The monoisotopic (exact) mass is 358 g/mol. The summed E-state index contributed by atoms with van der Waals surface area (Å²) in [6, 6.07) is 22.4.